The van der Waals surface area contributed by atoms with Gasteiger partial charge in [-0.3, -0.25) is 4.79 Å². The number of rotatable bonds is 9. The summed E-state index contributed by atoms with van der Waals surface area (Å²) in [5, 5.41) is 4.08. The lowest BCUT2D eigenvalue weighted by Gasteiger charge is -2.22. The van der Waals surface area contributed by atoms with Crippen molar-refractivity contribution in [1.82, 2.24) is 0 Å². The van der Waals surface area contributed by atoms with Crippen LogP contribution in [0.4, 0.5) is 10.1 Å². The Kier molecular flexibility index (Phi) is 6.70. The molecule has 1 unspecified atom stereocenters. The highest BCUT2D eigenvalue weighted by molar-refractivity contribution is 7.19. The molecule has 0 amide bonds. The Bertz CT molecular complexity index is 1230. The molecule has 3 aromatic rings. The van der Waals surface area contributed by atoms with E-state index >= 15 is 4.39 Å². The number of methoxy groups -OCH3 is 1. The molecule has 0 bridgehead atoms. The zero-order valence-electron chi connectivity index (χ0n) is 18.8. The average molecular weight is 468 g/mol. The Morgan fingerprint density at radius 2 is 2.00 bits per heavy atom. The number of anilines is 1. The number of ether oxygens (including phenoxy) is 3. The fourth-order valence-corrected chi connectivity index (χ4v) is 4.99. The molecule has 0 saturated heterocycles. The van der Waals surface area contributed by atoms with Crippen LogP contribution in [0.3, 0.4) is 0 Å². The molecule has 1 aliphatic carbocycles. The molecule has 4 rings (SSSR count). The first-order valence-corrected chi connectivity index (χ1v) is 11.6. The lowest BCUT2D eigenvalue weighted by Crippen LogP contribution is -2.18. The van der Waals surface area contributed by atoms with Crippen molar-refractivity contribution in [1.29, 1.82) is 0 Å². The summed E-state index contributed by atoms with van der Waals surface area (Å²) >= 11 is 1.33. The molecule has 0 fully saturated rings. The highest BCUT2D eigenvalue weighted by Crippen LogP contribution is 2.47. The molecule has 0 saturated carbocycles. The quantitative estimate of drug-likeness (QED) is 0.352. The largest absolute Gasteiger partial charge is 0.497 e. The van der Waals surface area contributed by atoms with E-state index in [2.05, 4.69) is 5.32 Å². The van der Waals surface area contributed by atoms with Crippen molar-refractivity contribution in [3.8, 4) is 23.0 Å². The summed E-state index contributed by atoms with van der Waals surface area (Å²) < 4.78 is 34.3. The maximum absolute atomic E-state index is 15.8. The van der Waals surface area contributed by atoms with E-state index in [1.807, 2.05) is 38.1 Å². The molecule has 0 spiro atoms. The lowest BCUT2D eigenvalue weighted by atomic mass is 9.90. The summed E-state index contributed by atoms with van der Waals surface area (Å²) in [6.45, 7) is 5.16. The van der Waals surface area contributed by atoms with Crippen molar-refractivity contribution in [2.75, 3.05) is 25.6 Å². The number of hydrogen-bond acceptors (Lipinski definition) is 6. The Labute approximate surface area is 196 Å². The number of para-hydroxylation sites is 1. The molecule has 5 nitrogen and oxygen atoms in total. The summed E-state index contributed by atoms with van der Waals surface area (Å²) in [5.74, 6) is 2.46. The second kappa shape index (κ2) is 9.67. The molecule has 1 aliphatic rings. The Morgan fingerprint density at radius 1 is 1.18 bits per heavy atom. The van der Waals surface area contributed by atoms with E-state index in [1.165, 1.54) is 17.4 Å². The Hall–Kier alpha value is -3.32. The average Bonchev–Trinajstić information content (AvgIpc) is 3.27. The van der Waals surface area contributed by atoms with Crippen molar-refractivity contribution < 1.29 is 23.4 Å². The number of nitrogens with one attached hydrogen (secondary N) is 1. The fourth-order valence-electron chi connectivity index (χ4n) is 3.82. The number of carbonyl (C=O) groups excluding carboxylic acids is 1. The van der Waals surface area contributed by atoms with E-state index in [1.54, 1.807) is 31.4 Å². The Morgan fingerprint density at radius 3 is 2.73 bits per heavy atom. The maximum atomic E-state index is 15.8. The zero-order valence-corrected chi connectivity index (χ0v) is 19.6. The van der Waals surface area contributed by atoms with Gasteiger partial charge in [-0.25, -0.2) is 4.39 Å². The Balaban J connectivity index is 1.79. The second-order valence-corrected chi connectivity index (χ2v) is 8.68. The van der Waals surface area contributed by atoms with Gasteiger partial charge in [0.15, 0.2) is 11.4 Å². The van der Waals surface area contributed by atoms with Crippen LogP contribution in [0.2, 0.25) is 0 Å². The van der Waals surface area contributed by atoms with E-state index in [0.29, 0.717) is 52.9 Å². The molecule has 0 aliphatic heterocycles. The summed E-state index contributed by atoms with van der Waals surface area (Å²) in [4.78, 5) is 11.7. The van der Waals surface area contributed by atoms with Crippen LogP contribution >= 0.6 is 11.3 Å². The molecule has 1 atom stereocenters. The summed E-state index contributed by atoms with van der Waals surface area (Å²) in [7, 11) is 1.58. The van der Waals surface area contributed by atoms with Crippen LogP contribution in [-0.2, 0) is 10.5 Å². The van der Waals surface area contributed by atoms with Gasteiger partial charge in [0.2, 0.25) is 0 Å². The smallest absolute Gasteiger partial charge is 0.167 e. The van der Waals surface area contributed by atoms with Crippen LogP contribution in [0.15, 0.2) is 60.2 Å². The molecular weight excluding hydrogens is 441 g/mol. The molecule has 1 heterocycles. The van der Waals surface area contributed by atoms with Crippen LogP contribution in [0.5, 0.6) is 23.0 Å². The van der Waals surface area contributed by atoms with Gasteiger partial charge in [-0.05, 0) is 49.8 Å². The molecule has 172 valence electrons. The van der Waals surface area contributed by atoms with Gasteiger partial charge < -0.3 is 19.5 Å². The third kappa shape index (κ3) is 4.59. The van der Waals surface area contributed by atoms with Gasteiger partial charge >= 0.3 is 0 Å². The normalized spacial score (nSPS) is 17.5. The van der Waals surface area contributed by atoms with Crippen molar-refractivity contribution in [2.45, 2.75) is 25.9 Å². The number of benzene rings is 2. The van der Waals surface area contributed by atoms with Crippen molar-refractivity contribution >= 4 is 33.4 Å². The van der Waals surface area contributed by atoms with Gasteiger partial charge in [0.05, 0.1) is 13.7 Å². The van der Waals surface area contributed by atoms with Gasteiger partial charge in [-0.15, -0.1) is 11.3 Å². The SMILES string of the molecule is CCNc1c(OCC)cccc1Oc1cc(OC)cc2sc(C3(F)C=CC=C(C=O)C3)cc12. The standard InChI is InChI=1S/C26H26FNO4S/c1-4-28-25-20(31-5-2)9-6-10-21(25)32-22-12-18(30-3)13-23-19(22)14-24(33-23)26(27)11-7-8-17(15-26)16-29/h6-14,16,28H,4-5,15H2,1-3H3. The van der Waals surface area contributed by atoms with Crippen LogP contribution in [0.1, 0.15) is 25.1 Å². The number of hydrogen-bond donors (Lipinski definition) is 1. The minimum atomic E-state index is -1.75. The van der Waals surface area contributed by atoms with Gasteiger partial charge in [-0.1, -0.05) is 18.2 Å². The zero-order chi connectivity index (χ0) is 23.4. The van der Waals surface area contributed by atoms with Crippen LogP contribution in [0.25, 0.3) is 10.1 Å². The fraction of sp³-hybridized carbons (Fsp3) is 0.269. The number of allylic oxidation sites excluding steroid dienone is 4. The van der Waals surface area contributed by atoms with E-state index in [4.69, 9.17) is 14.2 Å². The number of alkyl halides is 1. The number of thiophene rings is 1. The molecule has 2 aromatic carbocycles. The van der Waals surface area contributed by atoms with Gasteiger partial charge in [0, 0.05) is 34.0 Å². The van der Waals surface area contributed by atoms with Crippen LogP contribution < -0.4 is 19.5 Å². The number of fused-ring (bicyclic) bond motifs is 1. The van der Waals surface area contributed by atoms with E-state index in [0.717, 1.165) is 15.8 Å². The van der Waals surface area contributed by atoms with Gasteiger partial charge in [0.1, 0.15) is 29.2 Å². The molecule has 1 aromatic heterocycles. The molecule has 1 N–H and O–H groups in total. The molecule has 7 heteroatoms. The van der Waals surface area contributed by atoms with Gasteiger partial charge in [-0.2, -0.15) is 0 Å². The second-order valence-electron chi connectivity index (χ2n) is 7.60. The first-order valence-electron chi connectivity index (χ1n) is 10.8. The van der Waals surface area contributed by atoms with Gasteiger partial charge in [0.25, 0.3) is 0 Å². The minimum absolute atomic E-state index is 0.00805. The number of carbonyl (C=O) groups is 1. The number of halogens is 1. The van der Waals surface area contributed by atoms with E-state index in [9.17, 15) is 4.79 Å². The van der Waals surface area contributed by atoms with Crippen molar-refractivity contribution in [3.05, 3.63) is 65.1 Å². The minimum Gasteiger partial charge on any atom is -0.497 e. The van der Waals surface area contributed by atoms with Crippen molar-refractivity contribution in [3.63, 3.8) is 0 Å². The highest BCUT2D eigenvalue weighted by atomic mass is 32.1. The summed E-state index contributed by atoms with van der Waals surface area (Å²) in [5.41, 5.74) is -0.566. The van der Waals surface area contributed by atoms with Crippen molar-refractivity contribution in [2.24, 2.45) is 0 Å². The number of aldehydes is 1. The predicted molar refractivity (Wildman–Crippen MR) is 131 cm³/mol. The summed E-state index contributed by atoms with van der Waals surface area (Å²) in [6, 6.07) is 11.1. The van der Waals surface area contributed by atoms with Crippen LogP contribution in [0, 0.1) is 0 Å². The first kappa shape index (κ1) is 22.9. The lowest BCUT2D eigenvalue weighted by molar-refractivity contribution is -0.105. The topological polar surface area (TPSA) is 56.8 Å². The molecule has 33 heavy (non-hydrogen) atoms. The third-order valence-electron chi connectivity index (χ3n) is 5.36. The monoisotopic (exact) mass is 467 g/mol. The van der Waals surface area contributed by atoms with Crippen LogP contribution in [-0.4, -0.2) is 26.5 Å². The van der Waals surface area contributed by atoms with E-state index < -0.39 is 5.67 Å². The maximum Gasteiger partial charge on any atom is 0.167 e. The molecular formula is C26H26FNO4S. The predicted octanol–water partition coefficient (Wildman–Crippen LogP) is 6.78. The van der Waals surface area contributed by atoms with E-state index in [-0.39, 0.29) is 6.42 Å². The highest BCUT2D eigenvalue weighted by Gasteiger charge is 2.34. The molecule has 0 radical (unpaired) electrons. The first-order chi connectivity index (χ1) is 16.0. The summed E-state index contributed by atoms with van der Waals surface area (Å²) in [6.07, 6.45) is 5.45. The third-order valence-corrected chi connectivity index (χ3v) is 6.60.